The second-order valence-corrected chi connectivity index (χ2v) is 6.52. The van der Waals surface area contributed by atoms with Gasteiger partial charge >= 0.3 is 5.97 Å². The van der Waals surface area contributed by atoms with Crippen molar-refractivity contribution in [3.05, 3.63) is 0 Å². The average Bonchev–Trinajstić information content (AvgIpc) is 2.64. The van der Waals surface area contributed by atoms with Crippen LogP contribution in [-0.4, -0.2) is 46.1 Å². The van der Waals surface area contributed by atoms with Crippen molar-refractivity contribution in [1.82, 2.24) is 4.90 Å². The molecule has 0 amide bonds. The van der Waals surface area contributed by atoms with E-state index in [0.717, 1.165) is 18.2 Å². The van der Waals surface area contributed by atoms with Gasteiger partial charge in [0.1, 0.15) is 0 Å². The van der Waals surface area contributed by atoms with Crippen LogP contribution in [0.25, 0.3) is 0 Å². The Morgan fingerprint density at radius 3 is 2.94 bits per heavy atom. The second-order valence-electron chi connectivity index (χ2n) is 5.03. The van der Waals surface area contributed by atoms with Crippen molar-refractivity contribution in [2.75, 3.05) is 18.8 Å². The van der Waals surface area contributed by atoms with Crippen molar-refractivity contribution in [3.8, 4) is 0 Å². The van der Waals surface area contributed by atoms with E-state index in [1.807, 2.05) is 0 Å². The number of carboxylic acid groups (broad SMARTS) is 1. The minimum absolute atomic E-state index is 0.352. The Bertz CT molecular complexity index is 259. The zero-order valence-corrected chi connectivity index (χ0v) is 10.7. The van der Waals surface area contributed by atoms with E-state index < -0.39 is 5.97 Å². The van der Waals surface area contributed by atoms with Crippen LogP contribution in [0.4, 0.5) is 0 Å². The molecule has 2 aliphatic rings. The highest BCUT2D eigenvalue weighted by molar-refractivity contribution is 8.00. The van der Waals surface area contributed by atoms with Crippen molar-refractivity contribution >= 4 is 17.7 Å². The molecule has 2 saturated heterocycles. The summed E-state index contributed by atoms with van der Waals surface area (Å²) in [6.07, 6.45) is 3.90. The normalized spacial score (nSPS) is 36.4. The van der Waals surface area contributed by atoms with Gasteiger partial charge in [0.15, 0.2) is 0 Å². The van der Waals surface area contributed by atoms with E-state index in [-0.39, 0.29) is 0 Å². The van der Waals surface area contributed by atoms with Crippen LogP contribution in [0.15, 0.2) is 0 Å². The Labute approximate surface area is 102 Å². The molecule has 0 bridgehead atoms. The van der Waals surface area contributed by atoms with E-state index >= 15 is 0 Å². The van der Waals surface area contributed by atoms with Crippen molar-refractivity contribution in [2.24, 2.45) is 5.92 Å². The van der Waals surface area contributed by atoms with E-state index in [4.69, 9.17) is 5.11 Å². The topological polar surface area (TPSA) is 40.5 Å². The van der Waals surface area contributed by atoms with Crippen molar-refractivity contribution in [2.45, 2.75) is 43.9 Å². The van der Waals surface area contributed by atoms with Gasteiger partial charge < -0.3 is 5.11 Å². The number of hydrogen-bond donors (Lipinski definition) is 1. The Morgan fingerprint density at radius 1 is 1.50 bits per heavy atom. The van der Waals surface area contributed by atoms with Gasteiger partial charge in [-0.05, 0) is 37.5 Å². The highest BCUT2D eigenvalue weighted by Gasteiger charge is 2.33. The molecule has 3 atom stereocenters. The van der Waals surface area contributed by atoms with E-state index in [1.165, 1.54) is 25.1 Å². The van der Waals surface area contributed by atoms with Crippen molar-refractivity contribution in [3.63, 3.8) is 0 Å². The Kier molecular flexibility index (Phi) is 4.14. The summed E-state index contributed by atoms with van der Waals surface area (Å²) >= 11 is 2.06. The summed E-state index contributed by atoms with van der Waals surface area (Å²) in [5.74, 6) is 1.01. The summed E-state index contributed by atoms with van der Waals surface area (Å²) in [6.45, 7) is 4.48. The van der Waals surface area contributed by atoms with Gasteiger partial charge in [-0.25, -0.2) is 0 Å². The predicted molar refractivity (Wildman–Crippen MR) is 66.9 cm³/mol. The maximum Gasteiger partial charge on any atom is 0.303 e. The molecule has 16 heavy (non-hydrogen) atoms. The molecule has 0 spiro atoms. The van der Waals surface area contributed by atoms with Gasteiger partial charge in [0, 0.05) is 24.3 Å². The van der Waals surface area contributed by atoms with Crippen LogP contribution in [-0.2, 0) is 4.79 Å². The van der Waals surface area contributed by atoms with Crippen LogP contribution in [0.5, 0.6) is 0 Å². The van der Waals surface area contributed by atoms with Crippen LogP contribution in [0.1, 0.15) is 32.6 Å². The molecular weight excluding hydrogens is 222 g/mol. The summed E-state index contributed by atoms with van der Waals surface area (Å²) in [4.78, 5) is 13.3. The van der Waals surface area contributed by atoms with Crippen LogP contribution in [0.3, 0.4) is 0 Å². The number of nitrogens with zero attached hydrogens (tertiary/aromatic N) is 1. The molecule has 2 aliphatic heterocycles. The first-order valence-electron chi connectivity index (χ1n) is 6.24. The van der Waals surface area contributed by atoms with E-state index in [2.05, 4.69) is 23.6 Å². The molecule has 1 N–H and O–H groups in total. The molecule has 2 heterocycles. The van der Waals surface area contributed by atoms with Gasteiger partial charge in [0.25, 0.3) is 0 Å². The number of aliphatic carboxylic acids is 1. The minimum atomic E-state index is -0.638. The predicted octanol–water partition coefficient (Wildman–Crippen LogP) is 2.07. The Hall–Kier alpha value is -0.220. The zero-order valence-electron chi connectivity index (χ0n) is 9.89. The highest BCUT2D eigenvalue weighted by atomic mass is 32.2. The smallest absolute Gasteiger partial charge is 0.303 e. The van der Waals surface area contributed by atoms with Crippen LogP contribution in [0, 0.1) is 5.92 Å². The van der Waals surface area contributed by atoms with Gasteiger partial charge in [-0.2, -0.15) is 11.8 Å². The SMILES string of the molecule is CC1SCCC1N1CCCC(CC(=O)O)C1. The molecule has 3 unspecified atom stereocenters. The minimum Gasteiger partial charge on any atom is -0.481 e. The molecule has 92 valence electrons. The Morgan fingerprint density at radius 2 is 2.31 bits per heavy atom. The third kappa shape index (κ3) is 2.92. The standard InChI is InChI=1S/C12H21NO2S/c1-9-11(4-6-16-9)13-5-2-3-10(8-13)7-12(14)15/h9-11H,2-8H2,1H3,(H,14,15). The lowest BCUT2D eigenvalue weighted by molar-refractivity contribution is -0.138. The van der Waals surface area contributed by atoms with Gasteiger partial charge in [-0.1, -0.05) is 6.92 Å². The quantitative estimate of drug-likeness (QED) is 0.824. The van der Waals surface area contributed by atoms with Crippen LogP contribution >= 0.6 is 11.8 Å². The lowest BCUT2D eigenvalue weighted by Gasteiger charge is -2.37. The Balaban J connectivity index is 1.88. The average molecular weight is 243 g/mol. The number of thioether (sulfide) groups is 1. The molecular formula is C12H21NO2S. The molecule has 0 saturated carbocycles. The highest BCUT2D eigenvalue weighted by Crippen LogP contribution is 2.33. The van der Waals surface area contributed by atoms with Gasteiger partial charge in [-0.3, -0.25) is 9.69 Å². The third-order valence-corrected chi connectivity index (χ3v) is 5.13. The van der Waals surface area contributed by atoms with Crippen molar-refractivity contribution in [1.29, 1.82) is 0 Å². The molecule has 3 nitrogen and oxygen atoms in total. The largest absolute Gasteiger partial charge is 0.481 e. The maximum atomic E-state index is 10.7. The number of hydrogen-bond acceptors (Lipinski definition) is 3. The number of carboxylic acids is 1. The molecule has 4 heteroatoms. The van der Waals surface area contributed by atoms with E-state index in [0.29, 0.717) is 18.4 Å². The van der Waals surface area contributed by atoms with Gasteiger partial charge in [0.2, 0.25) is 0 Å². The summed E-state index contributed by atoms with van der Waals surface area (Å²) in [7, 11) is 0. The summed E-state index contributed by atoms with van der Waals surface area (Å²) < 4.78 is 0. The number of carbonyl (C=O) groups is 1. The van der Waals surface area contributed by atoms with E-state index in [9.17, 15) is 4.79 Å². The molecule has 0 aliphatic carbocycles. The molecule has 0 aromatic carbocycles. The monoisotopic (exact) mass is 243 g/mol. The fourth-order valence-electron chi connectivity index (χ4n) is 3.01. The lowest BCUT2D eigenvalue weighted by Crippen LogP contribution is -2.45. The first-order valence-corrected chi connectivity index (χ1v) is 7.29. The van der Waals surface area contributed by atoms with Crippen LogP contribution in [0.2, 0.25) is 0 Å². The fourth-order valence-corrected chi connectivity index (χ4v) is 4.29. The summed E-state index contributed by atoms with van der Waals surface area (Å²) in [6, 6.07) is 0.696. The summed E-state index contributed by atoms with van der Waals surface area (Å²) in [5, 5.41) is 9.57. The lowest BCUT2D eigenvalue weighted by atomic mass is 9.93. The number of piperidine rings is 1. The first kappa shape index (κ1) is 12.2. The molecule has 2 fully saturated rings. The first-order chi connectivity index (χ1) is 7.66. The van der Waals surface area contributed by atoms with Gasteiger partial charge in [-0.15, -0.1) is 0 Å². The molecule has 0 aromatic rings. The van der Waals surface area contributed by atoms with Crippen molar-refractivity contribution < 1.29 is 9.90 Å². The second kappa shape index (κ2) is 5.41. The zero-order chi connectivity index (χ0) is 11.5. The third-order valence-electron chi connectivity index (χ3n) is 3.82. The molecule has 0 radical (unpaired) electrons. The number of rotatable bonds is 3. The molecule has 0 aromatic heterocycles. The van der Waals surface area contributed by atoms with E-state index in [1.54, 1.807) is 0 Å². The molecule has 2 rings (SSSR count). The number of likely N-dealkylation sites (tertiary alicyclic amines) is 1. The fraction of sp³-hybridized carbons (Fsp3) is 0.917. The van der Waals surface area contributed by atoms with Crippen LogP contribution < -0.4 is 0 Å². The maximum absolute atomic E-state index is 10.7. The van der Waals surface area contributed by atoms with Gasteiger partial charge in [0.05, 0.1) is 0 Å². The summed E-state index contributed by atoms with van der Waals surface area (Å²) in [5.41, 5.74) is 0.